The van der Waals surface area contributed by atoms with Crippen molar-refractivity contribution in [2.75, 3.05) is 5.32 Å². The second-order valence-corrected chi connectivity index (χ2v) is 9.14. The predicted molar refractivity (Wildman–Crippen MR) is 124 cm³/mol. The van der Waals surface area contributed by atoms with Gasteiger partial charge in [0, 0.05) is 18.0 Å². The number of benzene rings is 1. The van der Waals surface area contributed by atoms with Crippen molar-refractivity contribution in [2.45, 2.75) is 30.5 Å². The number of anilines is 1. The normalized spacial score (nSPS) is 11.9. The molecule has 9 heteroatoms. The molecular weight excluding hydrogens is 428 g/mol. The third-order valence-corrected chi connectivity index (χ3v) is 6.95. The number of aryl methyl sites for hydroxylation is 2. The van der Waals surface area contributed by atoms with Crippen LogP contribution in [0, 0.1) is 11.3 Å². The maximum atomic E-state index is 12.8. The van der Waals surface area contributed by atoms with Crippen molar-refractivity contribution in [1.82, 2.24) is 19.7 Å². The van der Waals surface area contributed by atoms with Crippen molar-refractivity contribution < 1.29 is 4.79 Å². The number of nitrogens with one attached hydrogen (secondary N) is 1. The Morgan fingerprint density at radius 3 is 2.81 bits per heavy atom. The monoisotopic (exact) mass is 448 g/mol. The minimum atomic E-state index is -0.435. The van der Waals surface area contributed by atoms with Crippen LogP contribution in [0.25, 0.3) is 21.3 Å². The van der Waals surface area contributed by atoms with Gasteiger partial charge in [-0.1, -0.05) is 43.0 Å². The Hall–Kier alpha value is -3.22. The minimum Gasteiger partial charge on any atom is -0.309 e. The first kappa shape index (κ1) is 21.0. The lowest BCUT2D eigenvalue weighted by molar-refractivity contribution is -0.115. The van der Waals surface area contributed by atoms with E-state index in [1.165, 1.54) is 34.5 Å². The molecule has 156 valence electrons. The van der Waals surface area contributed by atoms with Gasteiger partial charge in [-0.2, -0.15) is 10.4 Å². The fraction of sp³-hybridized carbons (Fsp3) is 0.227. The van der Waals surface area contributed by atoms with Gasteiger partial charge in [-0.3, -0.25) is 9.48 Å². The van der Waals surface area contributed by atoms with Crippen molar-refractivity contribution in [3.8, 4) is 17.2 Å². The minimum absolute atomic E-state index is 0.221. The zero-order chi connectivity index (χ0) is 22.0. The Morgan fingerprint density at radius 1 is 1.32 bits per heavy atom. The number of carbonyl (C=O) groups is 1. The van der Waals surface area contributed by atoms with Crippen molar-refractivity contribution in [3.63, 3.8) is 0 Å². The number of nitriles is 1. The molecule has 0 bridgehead atoms. The van der Waals surface area contributed by atoms with E-state index in [4.69, 9.17) is 0 Å². The van der Waals surface area contributed by atoms with E-state index in [9.17, 15) is 10.1 Å². The van der Waals surface area contributed by atoms with Gasteiger partial charge in [0.15, 0.2) is 0 Å². The van der Waals surface area contributed by atoms with Gasteiger partial charge >= 0.3 is 0 Å². The van der Waals surface area contributed by atoms with Gasteiger partial charge in [-0.05, 0) is 24.5 Å². The second kappa shape index (κ2) is 8.88. The number of hydrogen-bond donors (Lipinski definition) is 1. The molecule has 0 radical (unpaired) electrons. The van der Waals surface area contributed by atoms with Crippen molar-refractivity contribution >= 4 is 45.0 Å². The van der Waals surface area contributed by atoms with Gasteiger partial charge in [0.1, 0.15) is 33.6 Å². The van der Waals surface area contributed by atoms with Gasteiger partial charge in [0.25, 0.3) is 0 Å². The quantitative estimate of drug-likeness (QED) is 0.341. The summed E-state index contributed by atoms with van der Waals surface area (Å²) in [6, 6.07) is 10.5. The SMILES string of the molecule is CCc1ccc(-c2csc3ncnc(SC(C)C(=O)Nc4c(C#N)cnn4C)c23)cc1. The first-order valence-corrected chi connectivity index (χ1v) is 11.5. The van der Waals surface area contributed by atoms with Gasteiger partial charge in [-0.15, -0.1) is 11.3 Å². The number of thioether (sulfide) groups is 1. The molecule has 7 nitrogen and oxygen atoms in total. The van der Waals surface area contributed by atoms with E-state index < -0.39 is 5.25 Å². The van der Waals surface area contributed by atoms with E-state index in [0.29, 0.717) is 11.4 Å². The van der Waals surface area contributed by atoms with E-state index in [-0.39, 0.29) is 5.91 Å². The Morgan fingerprint density at radius 2 is 2.10 bits per heavy atom. The summed E-state index contributed by atoms with van der Waals surface area (Å²) >= 11 is 2.94. The molecule has 0 fully saturated rings. The van der Waals surface area contributed by atoms with Crippen LogP contribution in [0.3, 0.4) is 0 Å². The fourth-order valence-corrected chi connectivity index (χ4v) is 5.09. The van der Waals surface area contributed by atoms with Crippen LogP contribution in [0.2, 0.25) is 0 Å². The molecule has 0 saturated carbocycles. The van der Waals surface area contributed by atoms with E-state index in [0.717, 1.165) is 32.8 Å². The third-order valence-electron chi connectivity index (χ3n) is 4.97. The van der Waals surface area contributed by atoms with Crippen LogP contribution < -0.4 is 5.32 Å². The molecule has 1 aromatic carbocycles. The molecule has 3 aromatic heterocycles. The summed E-state index contributed by atoms with van der Waals surface area (Å²) in [6.07, 6.45) is 3.96. The maximum absolute atomic E-state index is 12.8. The molecule has 1 unspecified atom stereocenters. The van der Waals surface area contributed by atoms with Crippen LogP contribution in [0.4, 0.5) is 5.82 Å². The Kier molecular flexibility index (Phi) is 6.02. The van der Waals surface area contributed by atoms with Crippen LogP contribution in [0.5, 0.6) is 0 Å². The lowest BCUT2D eigenvalue weighted by atomic mass is 10.0. The number of carbonyl (C=O) groups excluding carboxylic acids is 1. The number of fused-ring (bicyclic) bond motifs is 1. The summed E-state index contributed by atoms with van der Waals surface area (Å²) < 4.78 is 1.48. The summed E-state index contributed by atoms with van der Waals surface area (Å²) in [4.78, 5) is 22.6. The lowest BCUT2D eigenvalue weighted by Gasteiger charge is -2.13. The van der Waals surface area contributed by atoms with Crippen LogP contribution in [0.15, 0.2) is 47.2 Å². The Bertz CT molecular complexity index is 1290. The summed E-state index contributed by atoms with van der Waals surface area (Å²) in [5, 5.41) is 19.4. The second-order valence-electron chi connectivity index (χ2n) is 6.95. The molecule has 0 aliphatic heterocycles. The number of amides is 1. The molecule has 0 aliphatic rings. The molecule has 1 atom stereocenters. The molecule has 3 heterocycles. The zero-order valence-corrected chi connectivity index (χ0v) is 18.9. The Labute approximate surface area is 188 Å². The Balaban J connectivity index is 1.62. The number of rotatable bonds is 6. The highest BCUT2D eigenvalue weighted by molar-refractivity contribution is 8.00. The van der Waals surface area contributed by atoms with Crippen molar-refractivity contribution in [2.24, 2.45) is 7.05 Å². The van der Waals surface area contributed by atoms with Crippen LogP contribution in [-0.4, -0.2) is 30.9 Å². The average molecular weight is 449 g/mol. The van der Waals surface area contributed by atoms with E-state index in [2.05, 4.69) is 57.0 Å². The highest BCUT2D eigenvalue weighted by Crippen LogP contribution is 2.39. The molecule has 4 rings (SSSR count). The highest BCUT2D eigenvalue weighted by Gasteiger charge is 2.22. The summed E-state index contributed by atoms with van der Waals surface area (Å²) in [7, 11) is 1.68. The fourth-order valence-electron chi connectivity index (χ4n) is 3.18. The standard InChI is InChI=1S/C22H20N6OS2/c1-4-14-5-7-15(8-6-14)17-11-30-21-18(17)22(25-12-24-21)31-13(2)20(29)27-19-16(9-23)10-26-28(19)3/h5-8,10-13H,4H2,1-3H3,(H,27,29). The smallest absolute Gasteiger partial charge is 0.238 e. The molecule has 0 saturated heterocycles. The zero-order valence-electron chi connectivity index (χ0n) is 17.3. The molecular formula is C22H20N6OS2. The van der Waals surface area contributed by atoms with E-state index >= 15 is 0 Å². The van der Waals surface area contributed by atoms with E-state index in [1.807, 2.05) is 13.0 Å². The molecule has 0 aliphatic carbocycles. The number of nitrogens with zero attached hydrogens (tertiary/aromatic N) is 5. The molecule has 1 N–H and O–H groups in total. The van der Waals surface area contributed by atoms with Crippen LogP contribution in [-0.2, 0) is 18.3 Å². The number of hydrogen-bond acceptors (Lipinski definition) is 7. The van der Waals surface area contributed by atoms with Crippen molar-refractivity contribution in [1.29, 1.82) is 5.26 Å². The summed E-state index contributed by atoms with van der Waals surface area (Å²) in [5.74, 6) is 0.168. The largest absolute Gasteiger partial charge is 0.309 e. The van der Waals surface area contributed by atoms with Gasteiger partial charge in [-0.25, -0.2) is 9.97 Å². The molecule has 31 heavy (non-hydrogen) atoms. The van der Waals surface area contributed by atoms with Gasteiger partial charge in [0.2, 0.25) is 5.91 Å². The van der Waals surface area contributed by atoms with Gasteiger partial charge < -0.3 is 5.32 Å². The number of thiophene rings is 1. The van der Waals surface area contributed by atoms with E-state index in [1.54, 1.807) is 18.4 Å². The first-order chi connectivity index (χ1) is 15.0. The topological polar surface area (TPSA) is 96.5 Å². The molecule has 1 amide bonds. The average Bonchev–Trinajstić information content (AvgIpc) is 3.38. The lowest BCUT2D eigenvalue weighted by Crippen LogP contribution is -2.24. The molecule has 4 aromatic rings. The highest BCUT2D eigenvalue weighted by atomic mass is 32.2. The van der Waals surface area contributed by atoms with Crippen molar-refractivity contribution in [3.05, 3.63) is 53.3 Å². The van der Waals surface area contributed by atoms with Crippen LogP contribution >= 0.6 is 23.1 Å². The maximum Gasteiger partial charge on any atom is 0.238 e. The summed E-state index contributed by atoms with van der Waals surface area (Å²) in [6.45, 7) is 3.95. The number of aromatic nitrogens is 4. The predicted octanol–water partition coefficient (Wildman–Crippen LogP) is 4.65. The third kappa shape index (κ3) is 4.17. The van der Waals surface area contributed by atoms with Crippen LogP contribution in [0.1, 0.15) is 25.0 Å². The summed E-state index contributed by atoms with van der Waals surface area (Å²) in [5.41, 5.74) is 3.78. The molecule has 0 spiro atoms. The first-order valence-electron chi connectivity index (χ1n) is 9.73. The van der Waals surface area contributed by atoms with Gasteiger partial charge in [0.05, 0.1) is 16.8 Å².